The first-order valence-electron chi connectivity index (χ1n) is 14.2. The highest BCUT2D eigenvalue weighted by Crippen LogP contribution is 2.45. The minimum absolute atomic E-state index is 0.536. The second-order valence-corrected chi connectivity index (χ2v) is 10.8. The molecule has 0 aromatic heterocycles. The van der Waals surface area contributed by atoms with Crippen LogP contribution in [0.2, 0.25) is 0 Å². The van der Waals surface area contributed by atoms with Crippen LogP contribution in [0.5, 0.6) is 0 Å². The van der Waals surface area contributed by atoms with Crippen molar-refractivity contribution in [3.8, 4) is 22.3 Å². The van der Waals surface area contributed by atoms with E-state index in [1.54, 1.807) is 0 Å². The molecule has 1 unspecified atom stereocenters. The highest BCUT2D eigenvalue weighted by molar-refractivity contribution is 6.02. The molecular formula is C39H32. The molecule has 0 bridgehead atoms. The maximum atomic E-state index is 2.52. The van der Waals surface area contributed by atoms with Gasteiger partial charge >= 0.3 is 0 Å². The summed E-state index contributed by atoms with van der Waals surface area (Å²) in [4.78, 5) is 0. The molecule has 0 nitrogen and oxygen atoms in total. The molecule has 0 saturated carbocycles. The standard InChI is InChI=1S/C39H32/c1-2-28(29-12-4-3-5-13-29)24-27-25-38-36(34-20-10-16-30-14-6-8-18-32(30)34)22-23-37(39(38)26-27)35-21-11-17-31-15-7-9-19-33(31)35/h3-23,25,28H,2,24,26H2,1H3. The molecule has 0 aliphatic heterocycles. The Hall–Kier alpha value is -4.42. The van der Waals surface area contributed by atoms with Crippen LogP contribution in [-0.2, 0) is 6.42 Å². The normalized spacial score (nSPS) is 13.4. The predicted octanol–water partition coefficient (Wildman–Crippen LogP) is 10.9. The summed E-state index contributed by atoms with van der Waals surface area (Å²) in [5, 5.41) is 5.23. The van der Waals surface area contributed by atoms with Crippen LogP contribution in [0.25, 0.3) is 49.9 Å². The van der Waals surface area contributed by atoms with E-state index in [2.05, 4.69) is 140 Å². The topological polar surface area (TPSA) is 0 Å². The molecule has 0 heteroatoms. The van der Waals surface area contributed by atoms with E-state index in [4.69, 9.17) is 0 Å². The Kier molecular flexibility index (Phi) is 6.10. The van der Waals surface area contributed by atoms with Crippen LogP contribution in [0.1, 0.15) is 42.4 Å². The summed E-state index contributed by atoms with van der Waals surface area (Å²) in [6.07, 6.45) is 5.77. The van der Waals surface area contributed by atoms with Crippen LogP contribution < -0.4 is 0 Å². The average Bonchev–Trinajstić information content (AvgIpc) is 3.43. The molecule has 7 rings (SSSR count). The molecule has 0 N–H and O–H groups in total. The van der Waals surface area contributed by atoms with E-state index in [0.717, 1.165) is 19.3 Å². The van der Waals surface area contributed by atoms with Gasteiger partial charge in [-0.05, 0) is 85.7 Å². The van der Waals surface area contributed by atoms with E-state index in [1.807, 2.05) is 0 Å². The number of allylic oxidation sites excluding steroid dienone is 1. The first kappa shape index (κ1) is 23.7. The summed E-state index contributed by atoms with van der Waals surface area (Å²) < 4.78 is 0. The highest BCUT2D eigenvalue weighted by Gasteiger charge is 2.24. The molecule has 0 heterocycles. The third kappa shape index (κ3) is 4.27. The Morgan fingerprint density at radius 3 is 1.77 bits per heavy atom. The summed E-state index contributed by atoms with van der Waals surface area (Å²) in [6, 6.07) is 46.8. The molecule has 0 spiro atoms. The van der Waals surface area contributed by atoms with Crippen LogP contribution in [0.4, 0.5) is 0 Å². The summed E-state index contributed by atoms with van der Waals surface area (Å²) in [5.74, 6) is 0.536. The van der Waals surface area contributed by atoms with Crippen molar-refractivity contribution in [2.45, 2.75) is 32.1 Å². The summed E-state index contributed by atoms with van der Waals surface area (Å²) in [7, 11) is 0. The number of rotatable bonds is 6. The number of benzene rings is 6. The first-order chi connectivity index (χ1) is 19.3. The summed E-state index contributed by atoms with van der Waals surface area (Å²) in [6.45, 7) is 2.32. The van der Waals surface area contributed by atoms with Crippen LogP contribution in [0.3, 0.4) is 0 Å². The SMILES string of the molecule is CCC(CC1=Cc2c(-c3cccc4ccccc34)ccc(-c3cccc4ccccc34)c2C1)c1ccccc1. The lowest BCUT2D eigenvalue weighted by Gasteiger charge is -2.17. The van der Waals surface area contributed by atoms with Crippen molar-refractivity contribution in [2.24, 2.45) is 0 Å². The van der Waals surface area contributed by atoms with Gasteiger partial charge < -0.3 is 0 Å². The Labute approximate surface area is 231 Å². The van der Waals surface area contributed by atoms with E-state index in [0.29, 0.717) is 5.92 Å². The van der Waals surface area contributed by atoms with Gasteiger partial charge in [-0.3, -0.25) is 0 Å². The molecule has 1 aliphatic rings. The molecule has 1 atom stereocenters. The molecule has 0 radical (unpaired) electrons. The zero-order valence-electron chi connectivity index (χ0n) is 22.4. The monoisotopic (exact) mass is 500 g/mol. The van der Waals surface area contributed by atoms with Crippen molar-refractivity contribution in [2.75, 3.05) is 0 Å². The van der Waals surface area contributed by atoms with Gasteiger partial charge in [-0.15, -0.1) is 0 Å². The Balaban J connectivity index is 1.40. The number of hydrogen-bond acceptors (Lipinski definition) is 0. The summed E-state index contributed by atoms with van der Waals surface area (Å²) >= 11 is 0. The van der Waals surface area contributed by atoms with Crippen LogP contribution in [0, 0.1) is 0 Å². The van der Waals surface area contributed by atoms with Gasteiger partial charge in [-0.1, -0.05) is 146 Å². The van der Waals surface area contributed by atoms with Gasteiger partial charge in [-0.2, -0.15) is 0 Å². The maximum absolute atomic E-state index is 2.52. The quantitative estimate of drug-likeness (QED) is 0.213. The molecule has 0 amide bonds. The molecule has 0 saturated heterocycles. The molecular weight excluding hydrogens is 468 g/mol. The molecule has 6 aromatic carbocycles. The van der Waals surface area contributed by atoms with Crippen molar-refractivity contribution in [3.05, 3.63) is 150 Å². The Morgan fingerprint density at radius 1 is 0.538 bits per heavy atom. The van der Waals surface area contributed by atoms with Crippen molar-refractivity contribution in [1.82, 2.24) is 0 Å². The van der Waals surface area contributed by atoms with Crippen molar-refractivity contribution in [3.63, 3.8) is 0 Å². The molecule has 188 valence electrons. The Morgan fingerprint density at radius 2 is 1.10 bits per heavy atom. The van der Waals surface area contributed by atoms with Gasteiger partial charge in [-0.25, -0.2) is 0 Å². The van der Waals surface area contributed by atoms with Gasteiger partial charge in [0, 0.05) is 0 Å². The molecule has 1 aliphatic carbocycles. The molecule has 0 fully saturated rings. The largest absolute Gasteiger partial charge is 0.0648 e. The third-order valence-electron chi connectivity index (χ3n) is 8.54. The fourth-order valence-electron chi connectivity index (χ4n) is 6.58. The fourth-order valence-corrected chi connectivity index (χ4v) is 6.58. The second kappa shape index (κ2) is 10.0. The van der Waals surface area contributed by atoms with E-state index in [9.17, 15) is 0 Å². The van der Waals surface area contributed by atoms with Gasteiger partial charge in [0.2, 0.25) is 0 Å². The van der Waals surface area contributed by atoms with E-state index in [-0.39, 0.29) is 0 Å². The minimum atomic E-state index is 0.536. The smallest absolute Gasteiger partial charge is 0.00512 e. The van der Waals surface area contributed by atoms with Crippen molar-refractivity contribution >= 4 is 27.6 Å². The third-order valence-corrected chi connectivity index (χ3v) is 8.54. The van der Waals surface area contributed by atoms with Gasteiger partial charge in [0.15, 0.2) is 0 Å². The maximum Gasteiger partial charge on any atom is -0.00512 e. The van der Waals surface area contributed by atoms with Crippen LogP contribution >= 0.6 is 0 Å². The van der Waals surface area contributed by atoms with Gasteiger partial charge in [0.1, 0.15) is 0 Å². The lowest BCUT2D eigenvalue weighted by Crippen LogP contribution is -2.00. The summed E-state index contributed by atoms with van der Waals surface area (Å²) in [5.41, 5.74) is 11.2. The molecule has 6 aromatic rings. The highest BCUT2D eigenvalue weighted by atomic mass is 14.3. The van der Waals surface area contributed by atoms with E-state index < -0.39 is 0 Å². The van der Waals surface area contributed by atoms with Crippen molar-refractivity contribution < 1.29 is 0 Å². The zero-order valence-corrected chi connectivity index (χ0v) is 22.4. The van der Waals surface area contributed by atoms with E-state index in [1.165, 1.54) is 66.1 Å². The molecule has 39 heavy (non-hydrogen) atoms. The minimum Gasteiger partial charge on any atom is -0.0648 e. The van der Waals surface area contributed by atoms with E-state index >= 15 is 0 Å². The fraction of sp³-hybridized carbons (Fsp3) is 0.128. The second-order valence-electron chi connectivity index (χ2n) is 10.8. The predicted molar refractivity (Wildman–Crippen MR) is 168 cm³/mol. The number of fused-ring (bicyclic) bond motifs is 3. The lowest BCUT2D eigenvalue weighted by atomic mass is 9.86. The number of hydrogen-bond donors (Lipinski definition) is 0. The average molecular weight is 501 g/mol. The van der Waals surface area contributed by atoms with Gasteiger partial charge in [0.25, 0.3) is 0 Å². The van der Waals surface area contributed by atoms with Gasteiger partial charge in [0.05, 0.1) is 0 Å². The zero-order chi connectivity index (χ0) is 26.2. The van der Waals surface area contributed by atoms with Crippen LogP contribution in [-0.4, -0.2) is 0 Å². The van der Waals surface area contributed by atoms with Crippen molar-refractivity contribution in [1.29, 1.82) is 0 Å². The Bertz CT molecular complexity index is 1830. The first-order valence-corrected chi connectivity index (χ1v) is 14.2. The van der Waals surface area contributed by atoms with Crippen LogP contribution in [0.15, 0.2) is 133 Å². The lowest BCUT2D eigenvalue weighted by molar-refractivity contribution is 0.652.